The maximum atomic E-state index is 13.6. The van der Waals surface area contributed by atoms with Crippen molar-refractivity contribution in [1.82, 2.24) is 4.57 Å². The van der Waals surface area contributed by atoms with Crippen molar-refractivity contribution in [3.8, 4) is 22.6 Å². The van der Waals surface area contributed by atoms with Gasteiger partial charge in [-0.3, -0.25) is 14.2 Å². The minimum absolute atomic E-state index is 0.111. The second-order valence-corrected chi connectivity index (χ2v) is 9.76. The lowest BCUT2D eigenvalue weighted by Gasteiger charge is -2.28. The van der Waals surface area contributed by atoms with E-state index in [0.29, 0.717) is 46.4 Å². The van der Waals surface area contributed by atoms with Gasteiger partial charge in [-0.15, -0.1) is 0 Å². The van der Waals surface area contributed by atoms with E-state index >= 15 is 0 Å². The quantitative estimate of drug-likeness (QED) is 0.335. The molecule has 1 aliphatic heterocycles. The summed E-state index contributed by atoms with van der Waals surface area (Å²) >= 11 is 6.22. The van der Waals surface area contributed by atoms with Crippen LogP contribution >= 0.6 is 11.6 Å². The smallest absolute Gasteiger partial charge is 0.335 e. The number of pyridine rings is 1. The number of amides is 1. The van der Waals surface area contributed by atoms with Gasteiger partial charge < -0.3 is 29.4 Å². The number of halogens is 2. The first-order chi connectivity index (χ1) is 19.7. The van der Waals surface area contributed by atoms with Crippen LogP contribution in [0.4, 0.5) is 10.1 Å². The fourth-order valence-corrected chi connectivity index (χ4v) is 4.78. The summed E-state index contributed by atoms with van der Waals surface area (Å²) in [5.74, 6) is -1.04. The fraction of sp³-hybridized carbons (Fsp3) is 0.345. The Hall–Kier alpha value is -3.93. The predicted octanol–water partition coefficient (Wildman–Crippen LogP) is 4.52. The molecule has 1 aromatic heterocycles. The molecule has 0 bridgehead atoms. The minimum Gasteiger partial charge on any atom is -0.495 e. The molecule has 2 unspecified atom stereocenters. The van der Waals surface area contributed by atoms with Crippen molar-refractivity contribution < 1.29 is 38.0 Å². The molecular weight excluding hydrogens is 559 g/mol. The van der Waals surface area contributed by atoms with Gasteiger partial charge in [0.25, 0.3) is 5.56 Å². The lowest BCUT2D eigenvalue weighted by molar-refractivity contribution is -0.124. The number of alkyl halides is 1. The zero-order valence-electron chi connectivity index (χ0n) is 22.5. The number of aromatic nitrogens is 1. The van der Waals surface area contributed by atoms with Crippen molar-refractivity contribution in [3.05, 3.63) is 75.2 Å². The Balaban J connectivity index is 1.74. The number of carboxylic acids is 1. The lowest BCUT2D eigenvalue weighted by Crippen LogP contribution is -2.38. The predicted molar refractivity (Wildman–Crippen MR) is 150 cm³/mol. The molecular formula is C29H30ClFN2O8. The van der Waals surface area contributed by atoms with Crippen LogP contribution in [-0.4, -0.2) is 67.9 Å². The molecule has 12 heteroatoms. The molecule has 1 saturated heterocycles. The van der Waals surface area contributed by atoms with Gasteiger partial charge in [0.05, 0.1) is 44.8 Å². The molecule has 1 amide bonds. The summed E-state index contributed by atoms with van der Waals surface area (Å²) in [6, 6.07) is 9.43. The first-order valence-corrected chi connectivity index (χ1v) is 13.2. The average Bonchev–Trinajstić information content (AvgIpc) is 2.95. The molecule has 0 radical (unpaired) electrons. The van der Waals surface area contributed by atoms with Gasteiger partial charge in [-0.05, 0) is 48.9 Å². The number of nitrogens with zero attached hydrogens (tertiary/aromatic N) is 1. The number of aromatic carboxylic acids is 1. The van der Waals surface area contributed by atoms with E-state index in [0.717, 1.165) is 0 Å². The van der Waals surface area contributed by atoms with Gasteiger partial charge in [-0.2, -0.15) is 0 Å². The Bertz CT molecular complexity index is 1470. The molecule has 2 aromatic carbocycles. The largest absolute Gasteiger partial charge is 0.495 e. The van der Waals surface area contributed by atoms with Crippen LogP contribution in [0.25, 0.3) is 11.1 Å². The number of nitrogens with one attached hydrogen (secondary N) is 1. The van der Waals surface area contributed by atoms with Crippen LogP contribution < -0.4 is 20.3 Å². The van der Waals surface area contributed by atoms with Crippen molar-refractivity contribution >= 4 is 29.2 Å². The Labute approximate surface area is 240 Å². The van der Waals surface area contributed by atoms with Gasteiger partial charge in [-0.25, -0.2) is 9.18 Å². The van der Waals surface area contributed by atoms with Gasteiger partial charge >= 0.3 is 5.97 Å². The highest BCUT2D eigenvalue weighted by Gasteiger charge is 2.29. The van der Waals surface area contributed by atoms with Crippen molar-refractivity contribution in [2.24, 2.45) is 0 Å². The third-order valence-corrected chi connectivity index (χ3v) is 6.80. The number of rotatable bonds is 11. The van der Waals surface area contributed by atoms with E-state index in [1.54, 1.807) is 31.2 Å². The number of methoxy groups -OCH3 is 1. The highest BCUT2D eigenvalue weighted by Crippen LogP contribution is 2.38. The van der Waals surface area contributed by atoms with E-state index in [2.05, 4.69) is 5.32 Å². The van der Waals surface area contributed by atoms with Crippen LogP contribution in [0.15, 0.2) is 53.5 Å². The number of benzene rings is 2. The minimum atomic E-state index is -1.08. The average molecular weight is 589 g/mol. The molecule has 1 aliphatic rings. The fourth-order valence-electron chi connectivity index (χ4n) is 4.61. The maximum Gasteiger partial charge on any atom is 0.335 e. The van der Waals surface area contributed by atoms with Crippen LogP contribution in [0.1, 0.15) is 28.4 Å². The number of hydrogen-bond acceptors (Lipinski definition) is 7. The van der Waals surface area contributed by atoms with E-state index in [9.17, 15) is 23.9 Å². The Morgan fingerprint density at radius 3 is 2.61 bits per heavy atom. The number of carbonyl (C=O) groups is 2. The van der Waals surface area contributed by atoms with Gasteiger partial charge in [-0.1, -0.05) is 11.6 Å². The van der Waals surface area contributed by atoms with Crippen LogP contribution in [-0.2, 0) is 14.3 Å². The lowest BCUT2D eigenvalue weighted by atomic mass is 10.0. The number of carboxylic acid groups (broad SMARTS) is 1. The van der Waals surface area contributed by atoms with Gasteiger partial charge in [0.15, 0.2) is 0 Å². The highest BCUT2D eigenvalue weighted by molar-refractivity contribution is 6.31. The molecule has 1 fully saturated rings. The normalized spacial score (nSPS) is 15.7. The summed E-state index contributed by atoms with van der Waals surface area (Å²) in [4.78, 5) is 38.6. The van der Waals surface area contributed by atoms with Crippen LogP contribution in [0.2, 0.25) is 5.02 Å². The van der Waals surface area contributed by atoms with Gasteiger partial charge in [0, 0.05) is 34.3 Å². The van der Waals surface area contributed by atoms with E-state index in [1.165, 1.54) is 36.1 Å². The summed E-state index contributed by atoms with van der Waals surface area (Å²) in [6.45, 7) is 1.76. The summed E-state index contributed by atoms with van der Waals surface area (Å²) in [7, 11) is 1.42. The molecule has 2 N–H and O–H groups in total. The Morgan fingerprint density at radius 1 is 1.17 bits per heavy atom. The third kappa shape index (κ3) is 7.24. The van der Waals surface area contributed by atoms with Crippen LogP contribution in [0, 0.1) is 6.92 Å². The Morgan fingerprint density at radius 2 is 1.95 bits per heavy atom. The Kier molecular flexibility index (Phi) is 9.98. The number of aryl methyl sites for hydroxylation is 1. The SMILES string of the molecule is COc1cn(C(CC2COCCO2)C(=O)Nc2ccc(C(=O)O)c(C)c2)c(=O)cc1-c1cc(Cl)ccc1OCCF. The number of anilines is 1. The first kappa shape index (κ1) is 30.0. The van der Waals surface area contributed by atoms with E-state index in [4.69, 9.17) is 30.5 Å². The number of hydrogen-bond donors (Lipinski definition) is 2. The zero-order valence-corrected chi connectivity index (χ0v) is 23.3. The van der Waals surface area contributed by atoms with E-state index < -0.39 is 36.3 Å². The van der Waals surface area contributed by atoms with Crippen molar-refractivity contribution in [2.75, 3.05) is 45.5 Å². The molecule has 0 spiro atoms. The van der Waals surface area contributed by atoms with Gasteiger partial charge in [0.2, 0.25) is 5.91 Å². The number of ether oxygens (including phenoxy) is 4. The standard InChI is InChI=1S/C29H30ClFN2O8/c1-17-11-19(4-5-21(17)29(36)37)32-28(35)24(13-20-16-39-9-10-40-20)33-15-26(38-2)23(14-27(33)34)22-12-18(30)3-6-25(22)41-8-7-31/h3-6,11-12,14-15,20,24H,7-10,13,16H2,1-2H3,(H,32,35)(H,36,37). The molecule has 0 saturated carbocycles. The van der Waals surface area contributed by atoms with Crippen molar-refractivity contribution in [2.45, 2.75) is 25.5 Å². The highest BCUT2D eigenvalue weighted by atomic mass is 35.5. The van der Waals surface area contributed by atoms with Crippen molar-refractivity contribution in [1.29, 1.82) is 0 Å². The topological polar surface area (TPSA) is 125 Å². The van der Waals surface area contributed by atoms with E-state index in [-0.39, 0.29) is 30.9 Å². The van der Waals surface area contributed by atoms with Crippen LogP contribution in [0.5, 0.6) is 11.5 Å². The summed E-state index contributed by atoms with van der Waals surface area (Å²) < 4.78 is 36.5. The molecule has 0 aliphatic carbocycles. The summed E-state index contributed by atoms with van der Waals surface area (Å²) in [5, 5.41) is 12.5. The van der Waals surface area contributed by atoms with Crippen LogP contribution in [0.3, 0.4) is 0 Å². The zero-order chi connectivity index (χ0) is 29.5. The molecule has 41 heavy (non-hydrogen) atoms. The molecule has 2 heterocycles. The maximum absolute atomic E-state index is 13.6. The molecule has 218 valence electrons. The van der Waals surface area contributed by atoms with Gasteiger partial charge in [0.1, 0.15) is 30.8 Å². The monoisotopic (exact) mass is 588 g/mol. The second kappa shape index (κ2) is 13.6. The second-order valence-electron chi connectivity index (χ2n) is 9.32. The van der Waals surface area contributed by atoms with E-state index in [1.807, 2.05) is 0 Å². The van der Waals surface area contributed by atoms with Crippen molar-refractivity contribution in [3.63, 3.8) is 0 Å². The third-order valence-electron chi connectivity index (χ3n) is 6.56. The molecule has 3 aromatic rings. The molecule has 10 nitrogen and oxygen atoms in total. The molecule has 2 atom stereocenters. The number of carbonyl (C=O) groups excluding carboxylic acids is 1. The molecule has 4 rings (SSSR count). The summed E-state index contributed by atoms with van der Waals surface area (Å²) in [6.07, 6.45) is 1.08. The first-order valence-electron chi connectivity index (χ1n) is 12.8. The summed E-state index contributed by atoms with van der Waals surface area (Å²) in [5.41, 5.74) is 1.19.